The van der Waals surface area contributed by atoms with E-state index in [2.05, 4.69) is 0 Å². The van der Waals surface area contributed by atoms with Crippen LogP contribution in [0.4, 0.5) is 0 Å². The second-order valence-corrected chi connectivity index (χ2v) is 9.22. The van der Waals surface area contributed by atoms with Crippen molar-refractivity contribution in [3.05, 3.63) is 118 Å². The van der Waals surface area contributed by atoms with E-state index >= 15 is 0 Å². The molecule has 0 unspecified atom stereocenters. The van der Waals surface area contributed by atoms with Gasteiger partial charge in [0.15, 0.2) is 11.5 Å². The summed E-state index contributed by atoms with van der Waals surface area (Å²) in [4.78, 5) is 0. The van der Waals surface area contributed by atoms with Crippen LogP contribution in [0, 0.1) is 0 Å². The monoisotopic (exact) mass is 494 g/mol. The number of benzene rings is 5. The second kappa shape index (κ2) is 9.66. The molecule has 0 atom stereocenters. The first-order valence-electron chi connectivity index (χ1n) is 11.8. The molecule has 0 aromatic heterocycles. The van der Waals surface area contributed by atoms with E-state index in [1.807, 2.05) is 0 Å². The lowest BCUT2D eigenvalue weighted by atomic mass is 9.89. The molecule has 0 aliphatic rings. The first kappa shape index (κ1) is 23.9. The minimum absolute atomic E-state index is 0.00892. The van der Waals surface area contributed by atoms with Gasteiger partial charge < -0.3 is 30.6 Å². The van der Waals surface area contributed by atoms with Gasteiger partial charge in [0, 0.05) is 35.8 Å². The number of rotatable bonds is 6. The van der Waals surface area contributed by atoms with Crippen molar-refractivity contribution >= 4 is 10.8 Å². The Bertz CT molecular complexity index is 1570. The normalized spacial score (nSPS) is 11.1. The lowest BCUT2D eigenvalue weighted by Gasteiger charge is -2.18. The molecule has 0 amide bonds. The maximum Gasteiger partial charge on any atom is 0.166 e. The van der Waals surface area contributed by atoms with E-state index in [0.29, 0.717) is 40.3 Å². The molecule has 6 N–H and O–H groups in total. The van der Waals surface area contributed by atoms with Gasteiger partial charge in [-0.05, 0) is 76.2 Å². The fraction of sp³-hybridized carbons (Fsp3) is 0.0968. The highest BCUT2D eigenvalue weighted by Crippen LogP contribution is 2.45. The molecule has 0 saturated heterocycles. The zero-order valence-corrected chi connectivity index (χ0v) is 19.9. The lowest BCUT2D eigenvalue weighted by Crippen LogP contribution is -1.99. The summed E-state index contributed by atoms with van der Waals surface area (Å²) in [6.07, 6.45) is 0.979. The Morgan fingerprint density at radius 3 is 1.22 bits per heavy atom. The molecule has 0 aliphatic carbocycles. The SMILES string of the molecule is Oc1ccc(Cc2cc3cc(Cc4ccc(O)cc4)c(O)c(Cc4ccc(O)cc4)c3c(O)c2O)cc1. The minimum Gasteiger partial charge on any atom is -0.508 e. The standard InChI is InChI=1S/C31H26O6/c32-24-7-1-18(2-8-24)13-22-16-21-17-23(14-19-3-9-25(33)10-4-19)30(36)31(37)28(21)27(29(22)35)15-20-5-11-26(34)12-6-20/h1-12,16-17,32-37H,13-15H2. The predicted molar refractivity (Wildman–Crippen MR) is 142 cm³/mol. The minimum atomic E-state index is -0.313. The van der Waals surface area contributed by atoms with Crippen molar-refractivity contribution in [1.29, 1.82) is 0 Å². The first-order chi connectivity index (χ1) is 17.8. The van der Waals surface area contributed by atoms with Gasteiger partial charge in [-0.25, -0.2) is 0 Å². The lowest BCUT2D eigenvalue weighted by molar-refractivity contribution is 0.404. The van der Waals surface area contributed by atoms with E-state index in [0.717, 1.165) is 16.7 Å². The molecule has 0 radical (unpaired) electrons. The number of phenolic OH excluding ortho intramolecular Hbond substituents is 6. The molecule has 6 heteroatoms. The second-order valence-electron chi connectivity index (χ2n) is 9.22. The zero-order chi connectivity index (χ0) is 26.1. The number of aromatic hydroxyl groups is 6. The highest BCUT2D eigenvalue weighted by atomic mass is 16.3. The summed E-state index contributed by atoms with van der Waals surface area (Å²) in [5, 5.41) is 63.3. The van der Waals surface area contributed by atoms with Gasteiger partial charge in [0.2, 0.25) is 0 Å². The van der Waals surface area contributed by atoms with Gasteiger partial charge in [0.05, 0.1) is 0 Å². The molecule has 0 bridgehead atoms. The van der Waals surface area contributed by atoms with Crippen molar-refractivity contribution in [3.63, 3.8) is 0 Å². The van der Waals surface area contributed by atoms with Gasteiger partial charge in [-0.15, -0.1) is 0 Å². The van der Waals surface area contributed by atoms with Crippen LogP contribution in [0.25, 0.3) is 10.8 Å². The maximum absolute atomic E-state index is 11.3. The Labute approximate surface area is 213 Å². The van der Waals surface area contributed by atoms with Crippen LogP contribution < -0.4 is 0 Å². The van der Waals surface area contributed by atoms with Gasteiger partial charge in [-0.1, -0.05) is 36.4 Å². The molecular weight excluding hydrogens is 468 g/mol. The van der Waals surface area contributed by atoms with Crippen molar-refractivity contribution in [2.24, 2.45) is 0 Å². The van der Waals surface area contributed by atoms with E-state index in [4.69, 9.17) is 0 Å². The van der Waals surface area contributed by atoms with Crippen LogP contribution in [0.1, 0.15) is 33.4 Å². The summed E-state index contributed by atoms with van der Waals surface area (Å²) in [6.45, 7) is 0. The van der Waals surface area contributed by atoms with Crippen molar-refractivity contribution in [3.8, 4) is 34.5 Å². The summed E-state index contributed by atoms with van der Waals surface area (Å²) in [5.74, 6) is -0.154. The molecule has 0 saturated carbocycles. The Balaban J connectivity index is 1.66. The molecule has 6 nitrogen and oxygen atoms in total. The van der Waals surface area contributed by atoms with Crippen LogP contribution >= 0.6 is 0 Å². The van der Waals surface area contributed by atoms with Crippen LogP contribution in [0.2, 0.25) is 0 Å². The Morgan fingerprint density at radius 1 is 0.405 bits per heavy atom. The predicted octanol–water partition coefficient (Wildman–Crippen LogP) is 5.85. The van der Waals surface area contributed by atoms with Crippen LogP contribution in [-0.2, 0) is 19.3 Å². The van der Waals surface area contributed by atoms with Gasteiger partial charge in [0.25, 0.3) is 0 Å². The maximum atomic E-state index is 11.3. The van der Waals surface area contributed by atoms with Crippen molar-refractivity contribution < 1.29 is 30.6 Å². The van der Waals surface area contributed by atoms with E-state index in [1.165, 1.54) is 0 Å². The zero-order valence-electron chi connectivity index (χ0n) is 19.9. The van der Waals surface area contributed by atoms with Crippen molar-refractivity contribution in [1.82, 2.24) is 0 Å². The van der Waals surface area contributed by atoms with E-state index < -0.39 is 0 Å². The van der Waals surface area contributed by atoms with Crippen LogP contribution in [0.3, 0.4) is 0 Å². The fourth-order valence-corrected chi connectivity index (χ4v) is 4.66. The molecule has 0 aliphatic heterocycles. The molecular formula is C31H26O6. The van der Waals surface area contributed by atoms with Gasteiger partial charge >= 0.3 is 0 Å². The van der Waals surface area contributed by atoms with Crippen LogP contribution in [-0.4, -0.2) is 30.6 Å². The highest BCUT2D eigenvalue weighted by molar-refractivity contribution is 5.97. The first-order valence-corrected chi connectivity index (χ1v) is 11.8. The molecule has 0 spiro atoms. The van der Waals surface area contributed by atoms with Gasteiger partial charge in [-0.2, -0.15) is 0 Å². The number of hydrogen-bond acceptors (Lipinski definition) is 6. The van der Waals surface area contributed by atoms with Crippen molar-refractivity contribution in [2.75, 3.05) is 0 Å². The highest BCUT2D eigenvalue weighted by Gasteiger charge is 2.21. The summed E-state index contributed by atoms with van der Waals surface area (Å²) in [7, 11) is 0. The fourth-order valence-electron chi connectivity index (χ4n) is 4.66. The third-order valence-electron chi connectivity index (χ3n) is 6.58. The third kappa shape index (κ3) is 4.95. The largest absolute Gasteiger partial charge is 0.508 e. The van der Waals surface area contributed by atoms with E-state index in [9.17, 15) is 30.6 Å². The van der Waals surface area contributed by atoms with E-state index in [1.54, 1.807) is 84.9 Å². The molecule has 37 heavy (non-hydrogen) atoms. The Hall–Kier alpha value is -4.84. The smallest absolute Gasteiger partial charge is 0.166 e. The van der Waals surface area contributed by atoms with E-state index in [-0.39, 0.29) is 40.9 Å². The number of phenols is 6. The quantitative estimate of drug-likeness (QED) is 0.165. The van der Waals surface area contributed by atoms with Crippen LogP contribution in [0.5, 0.6) is 34.5 Å². The molecule has 5 aromatic rings. The average molecular weight is 495 g/mol. The number of hydrogen-bond donors (Lipinski definition) is 6. The summed E-state index contributed by atoms with van der Waals surface area (Å²) < 4.78 is 0. The number of fused-ring (bicyclic) bond motifs is 1. The van der Waals surface area contributed by atoms with Crippen molar-refractivity contribution in [2.45, 2.75) is 19.3 Å². The molecule has 5 rings (SSSR count). The molecule has 5 aromatic carbocycles. The average Bonchev–Trinajstić information content (AvgIpc) is 2.88. The summed E-state index contributed by atoms with van der Waals surface area (Å²) in [6, 6.07) is 23.6. The van der Waals surface area contributed by atoms with Crippen LogP contribution in [0.15, 0.2) is 84.9 Å². The Morgan fingerprint density at radius 2 is 0.784 bits per heavy atom. The topological polar surface area (TPSA) is 121 Å². The molecule has 0 heterocycles. The molecule has 186 valence electrons. The summed E-state index contributed by atoms with van der Waals surface area (Å²) in [5.41, 5.74) is 4.14. The van der Waals surface area contributed by atoms with Gasteiger partial charge in [-0.3, -0.25) is 0 Å². The third-order valence-corrected chi connectivity index (χ3v) is 6.58. The Kier molecular flexibility index (Phi) is 6.24. The summed E-state index contributed by atoms with van der Waals surface area (Å²) >= 11 is 0. The van der Waals surface area contributed by atoms with Gasteiger partial charge in [0.1, 0.15) is 23.0 Å². The molecule has 0 fully saturated rings.